The minimum absolute atomic E-state index is 0.383. The molecule has 1 nitrogen and oxygen atoms in total. The Balaban J connectivity index is 1.50. The number of hydrogen-bond donors (Lipinski definition) is 1. The van der Waals surface area contributed by atoms with Crippen molar-refractivity contribution in [2.75, 3.05) is 6.61 Å². The van der Waals surface area contributed by atoms with Gasteiger partial charge < -0.3 is 5.11 Å². The predicted molar refractivity (Wildman–Crippen MR) is 131 cm³/mol. The third-order valence-electron chi connectivity index (χ3n) is 13.8. The molecule has 0 spiro atoms. The first-order valence-corrected chi connectivity index (χ1v) is 14.0. The maximum Gasteiger partial charge on any atom is 0.0459 e. The normalized spacial score (nSPS) is 56.7. The summed E-state index contributed by atoms with van der Waals surface area (Å²) in [5, 5.41) is 9.93. The lowest BCUT2D eigenvalue weighted by Crippen LogP contribution is -2.65. The summed E-state index contributed by atoms with van der Waals surface area (Å²) < 4.78 is 0. The fraction of sp³-hybridized carbons (Fsp3) is 1.00. The zero-order chi connectivity index (χ0) is 22.4. The standard InChI is InChI=1S/C30H52O/c1-20(19-31)21-11-16-27(4)22(21)12-17-29(6)24(27)9-10-25-28(5)15-8-14-26(2,3)23(28)13-18-30(25,29)7/h20-25,31H,8-19H2,1-7H3/t20-,21-,22-,23+,24-,25-,27+,28+,29-,30-/m1/s1. The van der Waals surface area contributed by atoms with Crippen LogP contribution in [0.1, 0.15) is 119 Å². The molecule has 5 aliphatic carbocycles. The Morgan fingerprint density at radius 1 is 0.677 bits per heavy atom. The van der Waals surface area contributed by atoms with Gasteiger partial charge in [0, 0.05) is 6.61 Å². The molecule has 0 bridgehead atoms. The molecule has 5 aliphatic rings. The number of hydrogen-bond acceptors (Lipinski definition) is 1. The van der Waals surface area contributed by atoms with Crippen LogP contribution in [0.5, 0.6) is 0 Å². The second-order valence-corrected chi connectivity index (χ2v) is 15.0. The molecule has 5 fully saturated rings. The first kappa shape index (κ1) is 22.7. The summed E-state index contributed by atoms with van der Waals surface area (Å²) in [5.41, 5.74) is 2.63. The van der Waals surface area contributed by atoms with Crippen molar-refractivity contribution in [3.63, 3.8) is 0 Å². The molecule has 5 rings (SSSR count). The summed E-state index contributed by atoms with van der Waals surface area (Å²) >= 11 is 0. The van der Waals surface area contributed by atoms with Crippen LogP contribution in [0.25, 0.3) is 0 Å². The summed E-state index contributed by atoms with van der Waals surface area (Å²) in [6, 6.07) is 0. The zero-order valence-corrected chi connectivity index (χ0v) is 21.9. The van der Waals surface area contributed by atoms with E-state index in [0.29, 0.717) is 39.6 Å². The van der Waals surface area contributed by atoms with Crippen LogP contribution in [0.2, 0.25) is 0 Å². The Morgan fingerprint density at radius 3 is 1.94 bits per heavy atom. The van der Waals surface area contributed by atoms with Crippen molar-refractivity contribution in [1.29, 1.82) is 0 Å². The van der Waals surface area contributed by atoms with Crippen LogP contribution in [0.3, 0.4) is 0 Å². The van der Waals surface area contributed by atoms with Crippen molar-refractivity contribution >= 4 is 0 Å². The second-order valence-electron chi connectivity index (χ2n) is 15.0. The number of fused-ring (bicyclic) bond motifs is 7. The molecule has 0 amide bonds. The minimum atomic E-state index is 0.383. The molecule has 10 atom stereocenters. The third-order valence-corrected chi connectivity index (χ3v) is 13.8. The van der Waals surface area contributed by atoms with Crippen molar-refractivity contribution in [2.45, 2.75) is 119 Å². The number of aliphatic hydroxyl groups excluding tert-OH is 1. The van der Waals surface area contributed by atoms with Crippen LogP contribution >= 0.6 is 0 Å². The Bertz CT molecular complexity index is 711. The van der Waals surface area contributed by atoms with E-state index >= 15 is 0 Å². The van der Waals surface area contributed by atoms with Gasteiger partial charge in [-0.1, -0.05) is 54.9 Å². The number of rotatable bonds is 2. The van der Waals surface area contributed by atoms with Gasteiger partial charge in [-0.25, -0.2) is 0 Å². The molecule has 0 unspecified atom stereocenters. The van der Waals surface area contributed by atoms with Gasteiger partial charge in [-0.3, -0.25) is 0 Å². The molecule has 0 aliphatic heterocycles. The smallest absolute Gasteiger partial charge is 0.0459 e. The van der Waals surface area contributed by atoms with Crippen LogP contribution in [-0.2, 0) is 0 Å². The fourth-order valence-corrected chi connectivity index (χ4v) is 12.2. The van der Waals surface area contributed by atoms with Crippen molar-refractivity contribution < 1.29 is 5.11 Å². The van der Waals surface area contributed by atoms with Gasteiger partial charge in [-0.05, 0) is 127 Å². The van der Waals surface area contributed by atoms with Crippen LogP contribution in [0.15, 0.2) is 0 Å². The molecular weight excluding hydrogens is 376 g/mol. The maximum atomic E-state index is 9.93. The van der Waals surface area contributed by atoms with Gasteiger partial charge in [-0.15, -0.1) is 0 Å². The van der Waals surface area contributed by atoms with Crippen molar-refractivity contribution in [2.24, 2.45) is 62.6 Å². The second kappa shape index (κ2) is 6.99. The van der Waals surface area contributed by atoms with Gasteiger partial charge in [0.05, 0.1) is 0 Å². The lowest BCUT2D eigenvalue weighted by molar-refractivity contribution is -0.241. The van der Waals surface area contributed by atoms with Crippen LogP contribution in [-0.4, -0.2) is 11.7 Å². The number of aliphatic hydroxyl groups is 1. The minimum Gasteiger partial charge on any atom is -0.396 e. The summed E-state index contributed by atoms with van der Waals surface area (Å²) in [6.07, 6.45) is 16.0. The van der Waals surface area contributed by atoms with E-state index in [1.165, 1.54) is 70.6 Å². The molecule has 31 heavy (non-hydrogen) atoms. The summed E-state index contributed by atoms with van der Waals surface area (Å²) in [4.78, 5) is 0. The van der Waals surface area contributed by atoms with E-state index < -0.39 is 0 Å². The highest BCUT2D eigenvalue weighted by Crippen LogP contribution is 2.78. The largest absolute Gasteiger partial charge is 0.396 e. The molecule has 0 saturated heterocycles. The van der Waals surface area contributed by atoms with Gasteiger partial charge in [0.25, 0.3) is 0 Å². The highest BCUT2D eigenvalue weighted by atomic mass is 16.3. The quantitative estimate of drug-likeness (QED) is 0.471. The van der Waals surface area contributed by atoms with Gasteiger partial charge >= 0.3 is 0 Å². The summed E-state index contributed by atoms with van der Waals surface area (Å²) in [5.74, 6) is 4.86. The lowest BCUT2D eigenvalue weighted by atomic mass is 9.32. The Hall–Kier alpha value is -0.0400. The van der Waals surface area contributed by atoms with E-state index in [1.54, 1.807) is 0 Å². The molecule has 1 heteroatoms. The Kier molecular flexibility index (Phi) is 5.13. The molecule has 0 heterocycles. The fourth-order valence-electron chi connectivity index (χ4n) is 12.2. The topological polar surface area (TPSA) is 20.2 Å². The van der Waals surface area contributed by atoms with E-state index in [-0.39, 0.29) is 0 Å². The first-order valence-electron chi connectivity index (χ1n) is 14.0. The molecule has 0 aromatic rings. The third kappa shape index (κ3) is 2.77. The molecule has 178 valence electrons. The van der Waals surface area contributed by atoms with Gasteiger partial charge in [0.2, 0.25) is 0 Å². The molecule has 0 aromatic heterocycles. The van der Waals surface area contributed by atoms with Crippen LogP contribution in [0.4, 0.5) is 0 Å². The molecular formula is C30H52O. The molecule has 5 saturated carbocycles. The first-order chi connectivity index (χ1) is 14.4. The van der Waals surface area contributed by atoms with E-state index in [0.717, 1.165) is 29.6 Å². The monoisotopic (exact) mass is 428 g/mol. The summed E-state index contributed by atoms with van der Waals surface area (Å²) in [7, 11) is 0. The van der Waals surface area contributed by atoms with Gasteiger partial charge in [0.15, 0.2) is 0 Å². The van der Waals surface area contributed by atoms with Crippen molar-refractivity contribution in [3.8, 4) is 0 Å². The van der Waals surface area contributed by atoms with E-state index in [1.807, 2.05) is 0 Å². The van der Waals surface area contributed by atoms with Gasteiger partial charge in [0.1, 0.15) is 0 Å². The van der Waals surface area contributed by atoms with Crippen LogP contribution in [0, 0.1) is 62.6 Å². The Morgan fingerprint density at radius 2 is 1.29 bits per heavy atom. The highest BCUT2D eigenvalue weighted by molar-refractivity contribution is 5.19. The van der Waals surface area contributed by atoms with E-state index in [2.05, 4.69) is 48.5 Å². The predicted octanol–water partition coefficient (Wildman–Crippen LogP) is 8.11. The SMILES string of the molecule is C[C@H](CO)[C@H]1CC[C@@]2(C)[C@@H]1CC[C@]1(C)[C@@H]2CC[C@@H]2[C@@]3(C)CCCC(C)(C)[C@@H]3CC[C@]21C. The molecule has 0 aromatic carbocycles. The highest BCUT2D eigenvalue weighted by Gasteiger charge is 2.70. The van der Waals surface area contributed by atoms with E-state index in [9.17, 15) is 5.11 Å². The average Bonchev–Trinajstić information content (AvgIpc) is 3.04. The van der Waals surface area contributed by atoms with Crippen LogP contribution < -0.4 is 0 Å². The van der Waals surface area contributed by atoms with Crippen molar-refractivity contribution in [3.05, 3.63) is 0 Å². The Labute approximate surface area is 193 Å². The average molecular weight is 429 g/mol. The molecule has 0 radical (unpaired) electrons. The van der Waals surface area contributed by atoms with E-state index in [4.69, 9.17) is 0 Å². The summed E-state index contributed by atoms with van der Waals surface area (Å²) in [6.45, 7) is 18.9. The lowest BCUT2D eigenvalue weighted by Gasteiger charge is -2.73. The van der Waals surface area contributed by atoms with Gasteiger partial charge in [-0.2, -0.15) is 0 Å². The molecule has 1 N–H and O–H groups in total. The zero-order valence-electron chi connectivity index (χ0n) is 21.9. The maximum absolute atomic E-state index is 9.93. The van der Waals surface area contributed by atoms with Crippen molar-refractivity contribution in [1.82, 2.24) is 0 Å².